The van der Waals surface area contributed by atoms with Crippen molar-refractivity contribution in [2.24, 2.45) is 5.73 Å². The highest BCUT2D eigenvalue weighted by molar-refractivity contribution is 5.91. The Morgan fingerprint density at radius 2 is 2.14 bits per heavy atom. The number of aromatic nitrogens is 2. The number of hydrogen-bond acceptors (Lipinski definition) is 7. The summed E-state index contributed by atoms with van der Waals surface area (Å²) in [5.41, 5.74) is 0.804. The minimum absolute atomic E-state index is 0.506. The van der Waals surface area contributed by atoms with E-state index in [1.807, 2.05) is 4.98 Å². The van der Waals surface area contributed by atoms with E-state index in [2.05, 4.69) is 0 Å². The van der Waals surface area contributed by atoms with Crippen LogP contribution >= 0.6 is 0 Å². The number of aliphatic hydroxyl groups excluding tert-OH is 3. The molecule has 0 saturated carbocycles. The van der Waals surface area contributed by atoms with Gasteiger partial charge in [0.25, 0.3) is 11.5 Å². The predicted octanol–water partition coefficient (Wildman–Crippen LogP) is -3.58. The highest BCUT2D eigenvalue weighted by atomic mass is 16.6. The third-order valence-corrected chi connectivity index (χ3v) is 3.51. The molecule has 0 bridgehead atoms. The number of aromatic amines is 1. The zero-order chi connectivity index (χ0) is 15.9. The van der Waals surface area contributed by atoms with Gasteiger partial charge in [-0.2, -0.15) is 0 Å². The van der Waals surface area contributed by atoms with Gasteiger partial charge >= 0.3 is 5.69 Å². The second-order valence-electron chi connectivity index (χ2n) is 4.87. The van der Waals surface area contributed by atoms with Gasteiger partial charge in [0, 0.05) is 6.20 Å². The molecule has 0 radical (unpaired) electrons. The number of amides is 1. The quantitative estimate of drug-likeness (QED) is 0.384. The van der Waals surface area contributed by atoms with Crippen LogP contribution in [0, 0.1) is 0 Å². The monoisotopic (exact) mass is 301 g/mol. The van der Waals surface area contributed by atoms with Crippen molar-refractivity contribution in [1.29, 1.82) is 0 Å². The molecule has 0 aliphatic carbocycles. The zero-order valence-electron chi connectivity index (χ0n) is 11.0. The van der Waals surface area contributed by atoms with Crippen LogP contribution in [-0.4, -0.2) is 55.7 Å². The van der Waals surface area contributed by atoms with E-state index >= 15 is 0 Å². The van der Waals surface area contributed by atoms with Gasteiger partial charge in [-0.15, -0.1) is 0 Å². The fourth-order valence-electron chi connectivity index (χ4n) is 2.29. The number of hydrogen-bond donors (Lipinski definition) is 5. The summed E-state index contributed by atoms with van der Waals surface area (Å²) in [4.78, 5) is 36.4. The minimum Gasteiger partial charge on any atom is -0.394 e. The van der Waals surface area contributed by atoms with Crippen molar-refractivity contribution in [3.05, 3.63) is 32.6 Å². The van der Waals surface area contributed by atoms with E-state index in [0.717, 1.165) is 10.8 Å². The number of primary amides is 1. The summed E-state index contributed by atoms with van der Waals surface area (Å²) in [7, 11) is 0. The van der Waals surface area contributed by atoms with Crippen LogP contribution in [-0.2, 0) is 10.5 Å². The van der Waals surface area contributed by atoms with Gasteiger partial charge in [-0.05, 0) is 6.92 Å². The molecule has 1 fully saturated rings. The van der Waals surface area contributed by atoms with Crippen LogP contribution < -0.4 is 17.0 Å². The normalized spacial score (nSPS) is 32.3. The molecular formula is C11H15N3O7. The third kappa shape index (κ3) is 2.27. The lowest BCUT2D eigenvalue weighted by molar-refractivity contribution is -0.137. The molecule has 4 atom stereocenters. The molecule has 0 unspecified atom stereocenters. The largest absolute Gasteiger partial charge is 0.394 e. The smallest absolute Gasteiger partial charge is 0.330 e. The number of nitrogens with one attached hydrogen (secondary N) is 1. The molecule has 2 heterocycles. The highest BCUT2D eigenvalue weighted by Gasteiger charge is 2.52. The van der Waals surface area contributed by atoms with Crippen molar-refractivity contribution in [2.75, 3.05) is 6.61 Å². The van der Waals surface area contributed by atoms with Gasteiger partial charge in [-0.25, -0.2) is 4.79 Å². The molecule has 1 aromatic heterocycles. The fraction of sp³-hybridized carbons (Fsp3) is 0.545. The topological polar surface area (TPSA) is 168 Å². The summed E-state index contributed by atoms with van der Waals surface area (Å²) in [6, 6.07) is 0. The summed E-state index contributed by atoms with van der Waals surface area (Å²) in [5, 5.41) is 28.9. The van der Waals surface area contributed by atoms with Gasteiger partial charge in [0.05, 0.1) is 6.61 Å². The van der Waals surface area contributed by atoms with Crippen molar-refractivity contribution < 1.29 is 24.9 Å². The maximum absolute atomic E-state index is 11.9. The van der Waals surface area contributed by atoms with E-state index in [1.54, 1.807) is 0 Å². The summed E-state index contributed by atoms with van der Waals surface area (Å²) in [5.74, 6) is -1.07. The first-order valence-corrected chi connectivity index (χ1v) is 6.03. The zero-order valence-corrected chi connectivity index (χ0v) is 11.0. The maximum Gasteiger partial charge on any atom is 0.330 e. The first kappa shape index (κ1) is 15.4. The SMILES string of the molecule is C[C@@]1(n2cc(C(N)=O)c(=O)[nH]c2=O)O[C@H](CO)[C@@H](O)[C@H]1O. The van der Waals surface area contributed by atoms with Crippen LogP contribution in [0.1, 0.15) is 17.3 Å². The van der Waals surface area contributed by atoms with E-state index < -0.39 is 53.4 Å². The Kier molecular flexibility index (Phi) is 3.72. The van der Waals surface area contributed by atoms with Gasteiger partial charge in [0.2, 0.25) is 0 Å². The maximum atomic E-state index is 11.9. The summed E-state index contributed by atoms with van der Waals surface area (Å²) >= 11 is 0. The first-order chi connectivity index (χ1) is 9.72. The molecule has 1 amide bonds. The fourth-order valence-corrected chi connectivity index (χ4v) is 2.29. The number of H-pyrrole nitrogens is 1. The number of rotatable bonds is 3. The van der Waals surface area contributed by atoms with Crippen LogP contribution in [0.3, 0.4) is 0 Å². The molecule has 1 aliphatic heterocycles. The molecule has 10 heteroatoms. The summed E-state index contributed by atoms with van der Waals surface area (Å²) < 4.78 is 6.05. The minimum atomic E-state index is -1.78. The van der Waals surface area contributed by atoms with Crippen LogP contribution in [0.25, 0.3) is 0 Å². The second-order valence-corrected chi connectivity index (χ2v) is 4.87. The number of nitrogens with zero attached hydrogens (tertiary/aromatic N) is 1. The molecule has 6 N–H and O–H groups in total. The van der Waals surface area contributed by atoms with Crippen molar-refractivity contribution in [1.82, 2.24) is 9.55 Å². The standard InChI is InChI=1S/C11H15N3O7/c1-11(7(17)6(16)5(3-15)21-11)14-2-4(8(12)18)9(19)13-10(14)20/h2,5-7,15-17H,3H2,1H3,(H2,12,18)(H,13,19,20)/t5-,6-,7-,11-/m1/s1. The Morgan fingerprint density at radius 1 is 1.52 bits per heavy atom. The Bertz CT molecular complexity index is 681. The van der Waals surface area contributed by atoms with E-state index in [-0.39, 0.29) is 0 Å². The predicted molar refractivity (Wildman–Crippen MR) is 67.5 cm³/mol. The molecule has 2 rings (SSSR count). The lowest BCUT2D eigenvalue weighted by Gasteiger charge is -2.29. The molecule has 10 nitrogen and oxygen atoms in total. The molecule has 1 aromatic rings. The van der Waals surface area contributed by atoms with Crippen molar-refractivity contribution in [3.8, 4) is 0 Å². The Hall–Kier alpha value is -2.01. The lowest BCUT2D eigenvalue weighted by Crippen LogP contribution is -2.50. The molecule has 0 spiro atoms. The van der Waals surface area contributed by atoms with E-state index in [9.17, 15) is 24.6 Å². The van der Waals surface area contributed by atoms with Crippen LogP contribution in [0.15, 0.2) is 15.8 Å². The van der Waals surface area contributed by atoms with E-state index in [0.29, 0.717) is 0 Å². The second kappa shape index (κ2) is 5.07. The average Bonchev–Trinajstić information content (AvgIpc) is 2.63. The molecular weight excluding hydrogens is 286 g/mol. The van der Waals surface area contributed by atoms with Crippen molar-refractivity contribution in [3.63, 3.8) is 0 Å². The molecule has 1 saturated heterocycles. The van der Waals surface area contributed by atoms with Crippen LogP contribution in [0.4, 0.5) is 0 Å². The van der Waals surface area contributed by atoms with Crippen molar-refractivity contribution >= 4 is 5.91 Å². The van der Waals surface area contributed by atoms with Crippen molar-refractivity contribution in [2.45, 2.75) is 31.0 Å². The van der Waals surface area contributed by atoms with Gasteiger partial charge in [0.1, 0.15) is 23.9 Å². The number of carbonyl (C=O) groups excluding carboxylic acids is 1. The van der Waals surface area contributed by atoms with Gasteiger partial charge in [0.15, 0.2) is 5.72 Å². The molecule has 1 aliphatic rings. The highest BCUT2D eigenvalue weighted by Crippen LogP contribution is 2.34. The Labute approximate surface area is 117 Å². The Balaban J connectivity index is 2.61. The Morgan fingerprint density at radius 3 is 2.62 bits per heavy atom. The van der Waals surface area contributed by atoms with Gasteiger partial charge in [-0.3, -0.25) is 19.1 Å². The van der Waals surface area contributed by atoms with Crippen LogP contribution in [0.5, 0.6) is 0 Å². The van der Waals surface area contributed by atoms with E-state index in [1.165, 1.54) is 6.92 Å². The number of aliphatic hydroxyl groups is 3. The molecule has 21 heavy (non-hydrogen) atoms. The molecule has 0 aromatic carbocycles. The van der Waals surface area contributed by atoms with E-state index in [4.69, 9.17) is 15.6 Å². The first-order valence-electron chi connectivity index (χ1n) is 6.03. The van der Waals surface area contributed by atoms with Gasteiger partial charge in [-0.1, -0.05) is 0 Å². The van der Waals surface area contributed by atoms with Crippen LogP contribution in [0.2, 0.25) is 0 Å². The summed E-state index contributed by atoms with van der Waals surface area (Å²) in [6.45, 7) is 0.676. The number of ether oxygens (including phenoxy) is 1. The number of nitrogens with two attached hydrogens (primary N) is 1. The lowest BCUT2D eigenvalue weighted by atomic mass is 10.0. The third-order valence-electron chi connectivity index (χ3n) is 3.51. The molecule has 116 valence electrons. The average molecular weight is 301 g/mol. The van der Waals surface area contributed by atoms with Gasteiger partial charge < -0.3 is 25.8 Å². The number of carbonyl (C=O) groups is 1. The summed E-state index contributed by atoms with van der Waals surface area (Å²) in [6.07, 6.45) is -3.30.